The Kier molecular flexibility index (Phi) is 3.29. The summed E-state index contributed by atoms with van der Waals surface area (Å²) in [6, 6.07) is 11.7. The van der Waals surface area contributed by atoms with Gasteiger partial charge in [0, 0.05) is 24.7 Å². The number of hydrogen-bond acceptors (Lipinski definition) is 4. The molecule has 0 spiro atoms. The molecule has 1 fully saturated rings. The van der Waals surface area contributed by atoms with E-state index in [-0.39, 0.29) is 5.91 Å². The average molecular weight is 257 g/mol. The minimum atomic E-state index is 0.101. The molecular formula is C14H15N3O2. The molecule has 0 aliphatic carbocycles. The van der Waals surface area contributed by atoms with Gasteiger partial charge < -0.3 is 14.7 Å². The number of aromatic nitrogens is 1. The number of piperazine rings is 1. The molecule has 1 aliphatic rings. The van der Waals surface area contributed by atoms with E-state index < -0.39 is 0 Å². The van der Waals surface area contributed by atoms with E-state index in [0.717, 1.165) is 17.8 Å². The summed E-state index contributed by atoms with van der Waals surface area (Å²) in [4.78, 5) is 13.5. The standard InChI is InChI=1S/C14H15N3O2/c18-14-9-15-6-7-17(14)10-12-8-13(16-19-12)11-4-2-1-3-5-11/h1-5,8,15H,6-7,9-10H2. The minimum absolute atomic E-state index is 0.101. The molecule has 0 radical (unpaired) electrons. The van der Waals surface area contributed by atoms with Crippen LogP contribution in [-0.4, -0.2) is 35.6 Å². The number of nitrogens with one attached hydrogen (secondary N) is 1. The van der Waals surface area contributed by atoms with Crippen LogP contribution in [0.5, 0.6) is 0 Å². The van der Waals surface area contributed by atoms with Gasteiger partial charge in [0.2, 0.25) is 5.91 Å². The Hall–Kier alpha value is -2.14. The van der Waals surface area contributed by atoms with Gasteiger partial charge in [0.05, 0.1) is 13.1 Å². The summed E-state index contributed by atoms with van der Waals surface area (Å²) in [7, 11) is 0. The van der Waals surface area contributed by atoms with Crippen LogP contribution in [0.25, 0.3) is 11.3 Å². The van der Waals surface area contributed by atoms with Gasteiger partial charge in [-0.05, 0) is 0 Å². The number of carbonyl (C=O) groups is 1. The summed E-state index contributed by atoms with van der Waals surface area (Å²) < 4.78 is 5.31. The van der Waals surface area contributed by atoms with Crippen LogP contribution in [0.2, 0.25) is 0 Å². The lowest BCUT2D eigenvalue weighted by Crippen LogP contribution is -2.47. The second kappa shape index (κ2) is 5.24. The molecule has 0 saturated carbocycles. The predicted octanol–water partition coefficient (Wildman–Crippen LogP) is 1.27. The van der Waals surface area contributed by atoms with Gasteiger partial charge in [0.1, 0.15) is 5.69 Å². The monoisotopic (exact) mass is 257 g/mol. The van der Waals surface area contributed by atoms with E-state index in [1.165, 1.54) is 0 Å². The van der Waals surface area contributed by atoms with Gasteiger partial charge in [-0.3, -0.25) is 4.79 Å². The van der Waals surface area contributed by atoms with E-state index >= 15 is 0 Å². The Morgan fingerprint density at radius 1 is 1.32 bits per heavy atom. The first kappa shape index (κ1) is 11.9. The molecule has 2 aromatic rings. The molecule has 0 atom stereocenters. The number of carbonyl (C=O) groups excluding carboxylic acids is 1. The molecule has 1 N–H and O–H groups in total. The van der Waals surface area contributed by atoms with Crippen LogP contribution < -0.4 is 5.32 Å². The molecular weight excluding hydrogens is 242 g/mol. The number of rotatable bonds is 3. The highest BCUT2D eigenvalue weighted by Crippen LogP contribution is 2.19. The summed E-state index contributed by atoms with van der Waals surface area (Å²) in [5.41, 5.74) is 1.82. The van der Waals surface area contributed by atoms with Crippen molar-refractivity contribution in [3.8, 4) is 11.3 Å². The Balaban J connectivity index is 1.73. The van der Waals surface area contributed by atoms with Crippen LogP contribution in [-0.2, 0) is 11.3 Å². The van der Waals surface area contributed by atoms with Gasteiger partial charge >= 0.3 is 0 Å². The molecule has 2 heterocycles. The molecule has 1 amide bonds. The smallest absolute Gasteiger partial charge is 0.236 e. The van der Waals surface area contributed by atoms with Crippen LogP contribution in [0.3, 0.4) is 0 Å². The van der Waals surface area contributed by atoms with E-state index in [2.05, 4.69) is 10.5 Å². The van der Waals surface area contributed by atoms with Gasteiger partial charge in [-0.25, -0.2) is 0 Å². The lowest BCUT2D eigenvalue weighted by molar-refractivity contribution is -0.132. The Morgan fingerprint density at radius 3 is 2.95 bits per heavy atom. The first-order valence-corrected chi connectivity index (χ1v) is 6.32. The molecule has 0 unspecified atom stereocenters. The molecule has 5 nitrogen and oxygen atoms in total. The van der Waals surface area contributed by atoms with Gasteiger partial charge in [0.15, 0.2) is 5.76 Å². The van der Waals surface area contributed by atoms with E-state index in [0.29, 0.717) is 25.4 Å². The average Bonchev–Trinajstić information content (AvgIpc) is 2.91. The fraction of sp³-hybridized carbons (Fsp3) is 0.286. The van der Waals surface area contributed by atoms with Crippen LogP contribution in [0.15, 0.2) is 40.9 Å². The largest absolute Gasteiger partial charge is 0.359 e. The zero-order valence-electron chi connectivity index (χ0n) is 10.5. The fourth-order valence-electron chi connectivity index (χ4n) is 2.13. The normalized spacial score (nSPS) is 15.8. The third-order valence-electron chi connectivity index (χ3n) is 3.16. The zero-order chi connectivity index (χ0) is 13.1. The van der Waals surface area contributed by atoms with E-state index in [1.807, 2.05) is 36.4 Å². The van der Waals surface area contributed by atoms with Crippen LogP contribution in [0, 0.1) is 0 Å². The maximum atomic E-state index is 11.7. The highest BCUT2D eigenvalue weighted by molar-refractivity contribution is 5.78. The highest BCUT2D eigenvalue weighted by Gasteiger charge is 2.19. The fourth-order valence-corrected chi connectivity index (χ4v) is 2.13. The van der Waals surface area contributed by atoms with Crippen molar-refractivity contribution in [3.63, 3.8) is 0 Å². The van der Waals surface area contributed by atoms with Gasteiger partial charge in [-0.2, -0.15) is 0 Å². The topological polar surface area (TPSA) is 58.4 Å². The van der Waals surface area contributed by atoms with Gasteiger partial charge in [-0.1, -0.05) is 35.5 Å². The molecule has 1 saturated heterocycles. The van der Waals surface area contributed by atoms with Crippen molar-refractivity contribution in [2.75, 3.05) is 19.6 Å². The van der Waals surface area contributed by atoms with E-state index in [4.69, 9.17) is 4.52 Å². The van der Waals surface area contributed by atoms with E-state index in [1.54, 1.807) is 4.90 Å². The Morgan fingerprint density at radius 2 is 2.16 bits per heavy atom. The van der Waals surface area contributed by atoms with Crippen molar-refractivity contribution in [2.24, 2.45) is 0 Å². The number of nitrogens with zero attached hydrogens (tertiary/aromatic N) is 2. The van der Waals surface area contributed by atoms with Crippen LogP contribution in [0.4, 0.5) is 0 Å². The van der Waals surface area contributed by atoms with Crippen molar-refractivity contribution in [1.29, 1.82) is 0 Å². The second-order valence-corrected chi connectivity index (χ2v) is 4.54. The summed E-state index contributed by atoms with van der Waals surface area (Å²) >= 11 is 0. The summed E-state index contributed by atoms with van der Waals surface area (Å²) in [5.74, 6) is 0.818. The second-order valence-electron chi connectivity index (χ2n) is 4.54. The number of amides is 1. The quantitative estimate of drug-likeness (QED) is 0.899. The maximum Gasteiger partial charge on any atom is 0.236 e. The Bertz CT molecular complexity index is 565. The summed E-state index contributed by atoms with van der Waals surface area (Å²) in [6.07, 6.45) is 0. The van der Waals surface area contributed by atoms with Crippen molar-refractivity contribution in [1.82, 2.24) is 15.4 Å². The first-order chi connectivity index (χ1) is 9.33. The molecule has 98 valence electrons. The van der Waals surface area contributed by atoms with Crippen LogP contribution in [0.1, 0.15) is 5.76 Å². The van der Waals surface area contributed by atoms with Crippen molar-refractivity contribution >= 4 is 5.91 Å². The third-order valence-corrected chi connectivity index (χ3v) is 3.16. The van der Waals surface area contributed by atoms with Crippen molar-refractivity contribution in [3.05, 3.63) is 42.2 Å². The highest BCUT2D eigenvalue weighted by atomic mass is 16.5. The number of benzene rings is 1. The van der Waals surface area contributed by atoms with Gasteiger partial charge in [-0.15, -0.1) is 0 Å². The maximum absolute atomic E-state index is 11.7. The van der Waals surface area contributed by atoms with E-state index in [9.17, 15) is 4.79 Å². The molecule has 3 rings (SSSR count). The molecule has 1 aromatic heterocycles. The lowest BCUT2D eigenvalue weighted by Gasteiger charge is -2.26. The molecule has 1 aromatic carbocycles. The SMILES string of the molecule is O=C1CNCCN1Cc1cc(-c2ccccc2)no1. The van der Waals surface area contributed by atoms with Crippen molar-refractivity contribution < 1.29 is 9.32 Å². The first-order valence-electron chi connectivity index (χ1n) is 6.32. The lowest BCUT2D eigenvalue weighted by atomic mass is 10.1. The number of hydrogen-bond donors (Lipinski definition) is 1. The van der Waals surface area contributed by atoms with Crippen molar-refractivity contribution in [2.45, 2.75) is 6.54 Å². The minimum Gasteiger partial charge on any atom is -0.359 e. The molecule has 1 aliphatic heterocycles. The molecule has 5 heteroatoms. The molecule has 19 heavy (non-hydrogen) atoms. The summed E-state index contributed by atoms with van der Waals surface area (Å²) in [6.45, 7) is 2.42. The van der Waals surface area contributed by atoms with Crippen LogP contribution >= 0.6 is 0 Å². The predicted molar refractivity (Wildman–Crippen MR) is 70.2 cm³/mol. The third kappa shape index (κ3) is 2.66. The summed E-state index contributed by atoms with van der Waals surface area (Å²) in [5, 5.41) is 7.09. The Labute approximate surface area is 111 Å². The molecule has 0 bridgehead atoms. The van der Waals surface area contributed by atoms with Gasteiger partial charge in [0.25, 0.3) is 0 Å². The zero-order valence-corrected chi connectivity index (χ0v) is 10.5.